The van der Waals surface area contributed by atoms with Crippen molar-refractivity contribution in [1.82, 2.24) is 0 Å². The van der Waals surface area contributed by atoms with Crippen LogP contribution in [0.2, 0.25) is 0 Å². The van der Waals surface area contributed by atoms with E-state index in [2.05, 4.69) is 5.16 Å². The average molecular weight is 250 g/mol. The summed E-state index contributed by atoms with van der Waals surface area (Å²) in [7, 11) is 3.32. The van der Waals surface area contributed by atoms with Crippen LogP contribution in [0.3, 0.4) is 0 Å². The number of fused-ring (bicyclic) bond motifs is 1. The van der Waals surface area contributed by atoms with E-state index in [9.17, 15) is 4.79 Å². The van der Waals surface area contributed by atoms with Crippen molar-refractivity contribution in [3.63, 3.8) is 0 Å². The molecule has 2 rings (SSSR count). The topological polar surface area (TPSA) is 41.9 Å². The van der Waals surface area contributed by atoms with Gasteiger partial charge in [-0.05, 0) is 19.1 Å². The fourth-order valence-electron chi connectivity index (χ4n) is 1.69. The second-order valence-electron chi connectivity index (χ2n) is 3.78. The van der Waals surface area contributed by atoms with Gasteiger partial charge in [0.05, 0.1) is 17.2 Å². The van der Waals surface area contributed by atoms with Gasteiger partial charge in [0, 0.05) is 17.5 Å². The molecule has 0 fully saturated rings. The highest BCUT2D eigenvalue weighted by Crippen LogP contribution is 2.35. The number of anilines is 1. The molecule has 0 aromatic heterocycles. The summed E-state index contributed by atoms with van der Waals surface area (Å²) in [5.74, 6) is 0.634. The minimum Gasteiger partial charge on any atom is -0.399 e. The van der Waals surface area contributed by atoms with Crippen LogP contribution in [-0.4, -0.2) is 31.5 Å². The molecule has 1 aliphatic rings. The molecule has 5 heteroatoms. The lowest BCUT2D eigenvalue weighted by Gasteiger charge is -2.25. The molecule has 0 aliphatic carbocycles. The summed E-state index contributed by atoms with van der Waals surface area (Å²) in [6, 6.07) is 5.98. The Morgan fingerprint density at radius 2 is 2.29 bits per heavy atom. The number of amides is 1. The Labute approximate surface area is 105 Å². The zero-order valence-electron chi connectivity index (χ0n) is 10.1. The van der Waals surface area contributed by atoms with E-state index < -0.39 is 0 Å². The SMILES string of the molecule is CO/N=C(\C)c1ccc2c(c1)N(C)C(=O)CS2. The second-order valence-corrected chi connectivity index (χ2v) is 4.80. The molecule has 1 amide bonds. The lowest BCUT2D eigenvalue weighted by Crippen LogP contribution is -2.31. The predicted octanol–water partition coefficient (Wildman–Crippen LogP) is 2.13. The van der Waals surface area contributed by atoms with E-state index in [-0.39, 0.29) is 5.91 Å². The van der Waals surface area contributed by atoms with Crippen LogP contribution in [0.1, 0.15) is 12.5 Å². The number of nitrogens with zero attached hydrogens (tertiary/aromatic N) is 2. The molecule has 1 aromatic carbocycles. The number of carbonyl (C=O) groups is 1. The third kappa shape index (κ3) is 2.29. The zero-order valence-corrected chi connectivity index (χ0v) is 10.9. The summed E-state index contributed by atoms with van der Waals surface area (Å²) in [6.45, 7) is 1.88. The molecule has 1 aromatic rings. The largest absolute Gasteiger partial charge is 0.399 e. The number of oxime groups is 1. The van der Waals surface area contributed by atoms with Crippen molar-refractivity contribution >= 4 is 29.1 Å². The summed E-state index contributed by atoms with van der Waals surface area (Å²) in [6.07, 6.45) is 0. The minimum absolute atomic E-state index is 0.126. The minimum atomic E-state index is 0.126. The Morgan fingerprint density at radius 3 is 3.00 bits per heavy atom. The van der Waals surface area contributed by atoms with Crippen molar-refractivity contribution < 1.29 is 9.63 Å². The molecular formula is C12H14N2O2S. The third-order valence-electron chi connectivity index (χ3n) is 2.69. The molecule has 0 N–H and O–H groups in total. The fourth-order valence-corrected chi connectivity index (χ4v) is 2.67. The Hall–Kier alpha value is -1.49. The molecular weight excluding hydrogens is 236 g/mol. The van der Waals surface area contributed by atoms with Gasteiger partial charge < -0.3 is 9.74 Å². The Kier molecular flexibility index (Phi) is 3.38. The van der Waals surface area contributed by atoms with Gasteiger partial charge in [0.2, 0.25) is 5.91 Å². The smallest absolute Gasteiger partial charge is 0.237 e. The Balaban J connectivity index is 2.42. The monoisotopic (exact) mass is 250 g/mol. The maximum absolute atomic E-state index is 11.6. The molecule has 0 saturated heterocycles. The second kappa shape index (κ2) is 4.79. The van der Waals surface area contributed by atoms with Crippen LogP contribution < -0.4 is 4.90 Å². The molecule has 1 heterocycles. The van der Waals surface area contributed by atoms with E-state index in [1.54, 1.807) is 23.7 Å². The number of hydrogen-bond donors (Lipinski definition) is 0. The van der Waals surface area contributed by atoms with Gasteiger partial charge in [0.1, 0.15) is 7.11 Å². The maximum Gasteiger partial charge on any atom is 0.237 e. The Morgan fingerprint density at radius 1 is 1.53 bits per heavy atom. The molecule has 90 valence electrons. The highest BCUT2D eigenvalue weighted by molar-refractivity contribution is 8.00. The van der Waals surface area contributed by atoms with Crippen molar-refractivity contribution in [1.29, 1.82) is 0 Å². The first-order chi connectivity index (χ1) is 8.13. The van der Waals surface area contributed by atoms with Gasteiger partial charge in [-0.15, -0.1) is 11.8 Å². The van der Waals surface area contributed by atoms with E-state index >= 15 is 0 Å². The third-order valence-corrected chi connectivity index (χ3v) is 3.74. The Bertz CT molecular complexity index is 485. The number of carbonyl (C=O) groups excluding carboxylic acids is 1. The summed E-state index contributed by atoms with van der Waals surface area (Å²) in [4.78, 5) is 19.2. The van der Waals surface area contributed by atoms with Crippen molar-refractivity contribution in [2.75, 3.05) is 24.8 Å². The van der Waals surface area contributed by atoms with E-state index in [4.69, 9.17) is 4.84 Å². The van der Waals surface area contributed by atoms with Crippen LogP contribution in [0.25, 0.3) is 0 Å². The quantitative estimate of drug-likeness (QED) is 0.596. The summed E-state index contributed by atoms with van der Waals surface area (Å²) in [5.41, 5.74) is 2.70. The molecule has 0 atom stereocenters. The van der Waals surface area contributed by atoms with E-state index in [1.165, 1.54) is 7.11 Å². The van der Waals surface area contributed by atoms with Crippen LogP contribution in [-0.2, 0) is 9.63 Å². The van der Waals surface area contributed by atoms with Crippen molar-refractivity contribution in [2.24, 2.45) is 5.16 Å². The molecule has 0 bridgehead atoms. The summed E-state index contributed by atoms with van der Waals surface area (Å²) in [5, 5.41) is 3.89. The van der Waals surface area contributed by atoms with Crippen LogP contribution >= 0.6 is 11.8 Å². The van der Waals surface area contributed by atoms with Crippen LogP contribution in [0.4, 0.5) is 5.69 Å². The van der Waals surface area contributed by atoms with Crippen LogP contribution in [0.15, 0.2) is 28.3 Å². The lowest BCUT2D eigenvalue weighted by molar-refractivity contribution is -0.116. The highest BCUT2D eigenvalue weighted by atomic mass is 32.2. The number of rotatable bonds is 2. The fraction of sp³-hybridized carbons (Fsp3) is 0.333. The molecule has 0 unspecified atom stereocenters. The zero-order chi connectivity index (χ0) is 12.4. The highest BCUT2D eigenvalue weighted by Gasteiger charge is 2.21. The van der Waals surface area contributed by atoms with Crippen molar-refractivity contribution in [2.45, 2.75) is 11.8 Å². The van der Waals surface area contributed by atoms with E-state index in [1.807, 2.05) is 25.1 Å². The molecule has 0 saturated carbocycles. The van der Waals surface area contributed by atoms with Gasteiger partial charge in [-0.2, -0.15) is 0 Å². The normalized spacial score (nSPS) is 15.8. The number of hydrogen-bond acceptors (Lipinski definition) is 4. The first kappa shape index (κ1) is 12.0. The first-order valence-electron chi connectivity index (χ1n) is 5.25. The lowest BCUT2D eigenvalue weighted by atomic mass is 10.1. The standard InChI is InChI=1S/C12H14N2O2S/c1-8(13-16-3)9-4-5-11-10(6-9)14(2)12(15)7-17-11/h4-6H,7H2,1-3H3/b13-8+. The molecule has 1 aliphatic heterocycles. The molecule has 0 spiro atoms. The first-order valence-corrected chi connectivity index (χ1v) is 6.23. The van der Waals surface area contributed by atoms with Gasteiger partial charge in [-0.1, -0.05) is 11.2 Å². The predicted molar refractivity (Wildman–Crippen MR) is 69.8 cm³/mol. The van der Waals surface area contributed by atoms with E-state index in [0.717, 1.165) is 21.9 Å². The summed E-state index contributed by atoms with van der Waals surface area (Å²) >= 11 is 1.57. The molecule has 4 nitrogen and oxygen atoms in total. The van der Waals surface area contributed by atoms with Crippen LogP contribution in [0, 0.1) is 0 Å². The van der Waals surface area contributed by atoms with Gasteiger partial charge in [0.25, 0.3) is 0 Å². The van der Waals surface area contributed by atoms with Gasteiger partial charge >= 0.3 is 0 Å². The average Bonchev–Trinajstić information content (AvgIpc) is 2.34. The maximum atomic E-state index is 11.6. The van der Waals surface area contributed by atoms with Gasteiger partial charge in [-0.25, -0.2) is 0 Å². The summed E-state index contributed by atoms with van der Waals surface area (Å²) < 4.78 is 0. The number of thioether (sulfide) groups is 1. The van der Waals surface area contributed by atoms with E-state index in [0.29, 0.717) is 5.75 Å². The number of benzene rings is 1. The molecule has 0 radical (unpaired) electrons. The van der Waals surface area contributed by atoms with Crippen molar-refractivity contribution in [3.05, 3.63) is 23.8 Å². The molecule has 17 heavy (non-hydrogen) atoms. The van der Waals surface area contributed by atoms with Gasteiger partial charge in [-0.3, -0.25) is 4.79 Å². The van der Waals surface area contributed by atoms with Crippen LogP contribution in [0.5, 0.6) is 0 Å². The van der Waals surface area contributed by atoms with Crippen molar-refractivity contribution in [3.8, 4) is 0 Å². The van der Waals surface area contributed by atoms with Gasteiger partial charge in [0.15, 0.2) is 0 Å².